The smallest absolute Gasteiger partial charge is 0.407 e. The lowest BCUT2D eigenvalue weighted by atomic mass is 9.98. The first kappa shape index (κ1) is 28.3. The van der Waals surface area contributed by atoms with Crippen LogP contribution in [-0.4, -0.2) is 66.2 Å². The van der Waals surface area contributed by atoms with Gasteiger partial charge in [0.2, 0.25) is 17.7 Å². The predicted octanol–water partition coefficient (Wildman–Crippen LogP) is 2.38. The molecule has 216 valence electrons. The van der Waals surface area contributed by atoms with Gasteiger partial charge in [-0.15, -0.1) is 0 Å². The van der Waals surface area contributed by atoms with Crippen molar-refractivity contribution in [3.63, 3.8) is 0 Å². The van der Waals surface area contributed by atoms with Gasteiger partial charge in [0.05, 0.1) is 6.42 Å². The number of carboxylic acids is 1. The number of carbonyl (C=O) groups excluding carboxylic acids is 3. The average molecular weight is 571 g/mol. The molecule has 0 spiro atoms. The van der Waals surface area contributed by atoms with E-state index in [0.29, 0.717) is 0 Å². The SMILES string of the molecule is NC(=O)[C@H](Cc1ccccc1)NC(=O)[C@@H]1COC([C@H](CC(=O)O)NC(=O)OCC2c3ccccc3-c3ccccc32)=N1. The Balaban J connectivity index is 1.22. The number of nitrogens with zero attached hydrogens (tertiary/aromatic N) is 1. The van der Waals surface area contributed by atoms with Gasteiger partial charge in [0.25, 0.3) is 0 Å². The quantitative estimate of drug-likeness (QED) is 0.274. The second kappa shape index (κ2) is 12.5. The van der Waals surface area contributed by atoms with E-state index in [0.717, 1.165) is 27.8 Å². The molecule has 3 aromatic carbocycles. The van der Waals surface area contributed by atoms with E-state index in [1.807, 2.05) is 78.9 Å². The van der Waals surface area contributed by atoms with Crippen LogP contribution in [-0.2, 0) is 30.3 Å². The molecule has 42 heavy (non-hydrogen) atoms. The van der Waals surface area contributed by atoms with Crippen LogP contribution in [0.1, 0.15) is 29.0 Å². The fraction of sp³-hybridized carbons (Fsp3) is 0.258. The maximum Gasteiger partial charge on any atom is 0.407 e. The Morgan fingerprint density at radius 1 is 0.929 bits per heavy atom. The van der Waals surface area contributed by atoms with E-state index in [1.165, 1.54) is 0 Å². The number of fused-ring (bicyclic) bond motifs is 3. The van der Waals surface area contributed by atoms with Crippen molar-refractivity contribution in [2.24, 2.45) is 10.7 Å². The summed E-state index contributed by atoms with van der Waals surface area (Å²) in [5.41, 5.74) is 10.5. The number of carboxylic acid groups (broad SMARTS) is 1. The highest BCUT2D eigenvalue weighted by molar-refractivity contribution is 5.95. The highest BCUT2D eigenvalue weighted by Gasteiger charge is 2.35. The van der Waals surface area contributed by atoms with Gasteiger partial charge < -0.3 is 30.9 Å². The van der Waals surface area contributed by atoms with Crippen LogP contribution in [0.2, 0.25) is 0 Å². The Hall–Kier alpha value is -5.19. The molecule has 11 heteroatoms. The topological polar surface area (TPSA) is 169 Å². The molecule has 0 bridgehead atoms. The molecular weight excluding hydrogens is 540 g/mol. The summed E-state index contributed by atoms with van der Waals surface area (Å²) in [6.07, 6.45) is -1.20. The van der Waals surface area contributed by atoms with Gasteiger partial charge in [0.1, 0.15) is 25.3 Å². The molecule has 0 saturated heterocycles. The fourth-order valence-corrected chi connectivity index (χ4v) is 5.21. The number of rotatable bonds is 11. The van der Waals surface area contributed by atoms with E-state index in [-0.39, 0.29) is 31.5 Å². The summed E-state index contributed by atoms with van der Waals surface area (Å²) in [5.74, 6) is -2.83. The van der Waals surface area contributed by atoms with Gasteiger partial charge in [-0.2, -0.15) is 0 Å². The van der Waals surface area contributed by atoms with Crippen molar-refractivity contribution in [2.45, 2.75) is 36.9 Å². The molecule has 0 saturated carbocycles. The summed E-state index contributed by atoms with van der Waals surface area (Å²) < 4.78 is 11.1. The number of nitrogens with two attached hydrogens (primary N) is 1. The van der Waals surface area contributed by atoms with Crippen LogP contribution in [0.3, 0.4) is 0 Å². The van der Waals surface area contributed by atoms with Crippen molar-refractivity contribution < 1.29 is 33.8 Å². The number of aliphatic imine (C=N–C) groups is 1. The van der Waals surface area contributed by atoms with Gasteiger partial charge in [0, 0.05) is 12.3 Å². The van der Waals surface area contributed by atoms with E-state index >= 15 is 0 Å². The fourth-order valence-electron chi connectivity index (χ4n) is 5.21. The minimum absolute atomic E-state index is 0.0357. The molecule has 0 fully saturated rings. The van der Waals surface area contributed by atoms with E-state index < -0.39 is 48.4 Å². The molecule has 3 aromatic rings. The number of hydrogen-bond donors (Lipinski definition) is 4. The number of primary amides is 1. The van der Waals surface area contributed by atoms with Crippen molar-refractivity contribution in [1.29, 1.82) is 0 Å². The molecule has 0 unspecified atom stereocenters. The summed E-state index contributed by atoms with van der Waals surface area (Å²) in [4.78, 5) is 53.4. The highest BCUT2D eigenvalue weighted by Crippen LogP contribution is 2.44. The van der Waals surface area contributed by atoms with Gasteiger partial charge in [-0.25, -0.2) is 9.79 Å². The van der Waals surface area contributed by atoms with Crippen molar-refractivity contribution in [3.8, 4) is 11.1 Å². The Kier molecular flexibility index (Phi) is 8.47. The third-order valence-electron chi connectivity index (χ3n) is 7.23. The van der Waals surface area contributed by atoms with Gasteiger partial charge in [-0.1, -0.05) is 78.9 Å². The lowest BCUT2D eigenvalue weighted by Crippen LogP contribution is -2.49. The third kappa shape index (κ3) is 6.41. The Morgan fingerprint density at radius 3 is 2.17 bits per heavy atom. The number of benzene rings is 3. The van der Waals surface area contributed by atoms with Crippen molar-refractivity contribution in [1.82, 2.24) is 10.6 Å². The molecule has 0 radical (unpaired) electrons. The van der Waals surface area contributed by atoms with Crippen LogP contribution in [0, 0.1) is 0 Å². The molecule has 1 aliphatic carbocycles. The normalized spacial score (nSPS) is 16.7. The maximum absolute atomic E-state index is 12.9. The molecule has 5 N–H and O–H groups in total. The summed E-state index contributed by atoms with van der Waals surface area (Å²) in [6, 6.07) is 21.6. The molecule has 1 heterocycles. The number of nitrogens with one attached hydrogen (secondary N) is 2. The Bertz CT molecular complexity index is 1480. The van der Waals surface area contributed by atoms with E-state index in [4.69, 9.17) is 15.2 Å². The second-order valence-electron chi connectivity index (χ2n) is 10.1. The van der Waals surface area contributed by atoms with E-state index in [9.17, 15) is 24.3 Å². The minimum atomic E-state index is -1.21. The van der Waals surface area contributed by atoms with Gasteiger partial charge in [0.15, 0.2) is 6.04 Å². The van der Waals surface area contributed by atoms with Gasteiger partial charge in [-0.3, -0.25) is 14.4 Å². The predicted molar refractivity (Wildman–Crippen MR) is 153 cm³/mol. The first-order valence-corrected chi connectivity index (χ1v) is 13.5. The number of hydrogen-bond acceptors (Lipinski definition) is 7. The van der Waals surface area contributed by atoms with E-state index in [1.54, 1.807) is 0 Å². The van der Waals surface area contributed by atoms with Crippen LogP contribution >= 0.6 is 0 Å². The zero-order valence-electron chi connectivity index (χ0n) is 22.6. The lowest BCUT2D eigenvalue weighted by Gasteiger charge is -2.18. The molecule has 5 rings (SSSR count). The first-order valence-electron chi connectivity index (χ1n) is 13.5. The molecule has 3 amide bonds. The van der Waals surface area contributed by atoms with Gasteiger partial charge in [-0.05, 0) is 27.8 Å². The number of amides is 3. The van der Waals surface area contributed by atoms with Crippen LogP contribution in [0.4, 0.5) is 4.79 Å². The second-order valence-corrected chi connectivity index (χ2v) is 10.1. The van der Waals surface area contributed by atoms with Gasteiger partial charge >= 0.3 is 12.1 Å². The highest BCUT2D eigenvalue weighted by atomic mass is 16.5. The zero-order valence-corrected chi connectivity index (χ0v) is 22.6. The van der Waals surface area contributed by atoms with Crippen LogP contribution in [0.25, 0.3) is 11.1 Å². The number of ether oxygens (including phenoxy) is 2. The summed E-state index contributed by atoms with van der Waals surface area (Å²) >= 11 is 0. The third-order valence-corrected chi connectivity index (χ3v) is 7.23. The Labute approximate surface area is 241 Å². The van der Waals surface area contributed by atoms with Crippen molar-refractivity contribution >= 4 is 29.8 Å². The van der Waals surface area contributed by atoms with E-state index in [2.05, 4.69) is 15.6 Å². The molecule has 11 nitrogen and oxygen atoms in total. The zero-order chi connectivity index (χ0) is 29.6. The Morgan fingerprint density at radius 2 is 1.55 bits per heavy atom. The first-order chi connectivity index (χ1) is 20.3. The number of carbonyl (C=O) groups is 4. The van der Waals surface area contributed by atoms with Crippen molar-refractivity contribution in [2.75, 3.05) is 13.2 Å². The molecule has 2 aliphatic rings. The van der Waals surface area contributed by atoms with Crippen LogP contribution < -0.4 is 16.4 Å². The monoisotopic (exact) mass is 570 g/mol. The lowest BCUT2D eigenvalue weighted by molar-refractivity contribution is -0.137. The van der Waals surface area contributed by atoms with Crippen LogP contribution in [0.15, 0.2) is 83.9 Å². The molecular formula is C31H30N4O7. The largest absolute Gasteiger partial charge is 0.481 e. The summed E-state index contributed by atoms with van der Waals surface area (Å²) in [7, 11) is 0. The van der Waals surface area contributed by atoms with Crippen molar-refractivity contribution in [3.05, 3.63) is 95.6 Å². The molecule has 1 aliphatic heterocycles. The minimum Gasteiger partial charge on any atom is -0.481 e. The summed E-state index contributed by atoms with van der Waals surface area (Å²) in [5, 5.41) is 14.5. The number of alkyl carbamates (subject to hydrolysis) is 1. The standard InChI is InChI=1S/C31H30N4O7/c32-28(38)24(14-18-8-2-1-3-9-18)33-29(39)26-17-41-30(34-26)25(15-27(36)37)35-31(40)42-16-23-21-12-6-4-10-19(21)20-11-5-7-13-22(20)23/h1-13,23-26H,14-17H2,(H2,32,38)(H,33,39)(H,35,40)(H,36,37)/t24-,25-,26-/m0/s1. The maximum atomic E-state index is 12.9. The van der Waals surface area contributed by atoms with Crippen LogP contribution in [0.5, 0.6) is 0 Å². The average Bonchev–Trinajstić information content (AvgIpc) is 3.60. The molecule has 3 atom stereocenters. The molecule has 0 aromatic heterocycles. The number of aliphatic carboxylic acids is 1. The summed E-state index contributed by atoms with van der Waals surface area (Å²) in [6.45, 7) is -0.158.